The molecular formula is C15H12F2N4OS. The van der Waals surface area contributed by atoms with E-state index >= 15 is 0 Å². The third-order valence-corrected chi connectivity index (χ3v) is 3.21. The molecule has 0 radical (unpaired) electrons. The molecule has 0 bridgehead atoms. The normalized spacial score (nSPS) is 10.7. The van der Waals surface area contributed by atoms with Crippen molar-refractivity contribution >= 4 is 34.1 Å². The van der Waals surface area contributed by atoms with Gasteiger partial charge in [0.05, 0.1) is 11.0 Å². The summed E-state index contributed by atoms with van der Waals surface area (Å²) in [7, 11) is 0. The Morgan fingerprint density at radius 2 is 1.87 bits per heavy atom. The zero-order valence-electron chi connectivity index (χ0n) is 11.7. The lowest BCUT2D eigenvalue weighted by Gasteiger charge is -2.12. The fraction of sp³-hybridized carbons (Fsp3) is 0.0667. The van der Waals surface area contributed by atoms with Gasteiger partial charge in [-0.1, -0.05) is 12.1 Å². The minimum Gasteiger partial charge on any atom is -0.435 e. The molecule has 0 spiro atoms. The summed E-state index contributed by atoms with van der Waals surface area (Å²) in [5.74, 6) is 0.0880. The molecule has 23 heavy (non-hydrogen) atoms. The molecule has 0 aliphatic rings. The second-order valence-electron chi connectivity index (χ2n) is 4.57. The Labute approximate surface area is 135 Å². The average Bonchev–Trinajstić information content (AvgIpc) is 2.92. The monoisotopic (exact) mass is 334 g/mol. The quantitative estimate of drug-likeness (QED) is 0.714. The van der Waals surface area contributed by atoms with E-state index in [9.17, 15) is 8.78 Å². The molecule has 1 heterocycles. The van der Waals surface area contributed by atoms with Crippen LogP contribution in [-0.4, -0.2) is 21.4 Å². The highest BCUT2D eigenvalue weighted by atomic mass is 32.1. The molecule has 8 heteroatoms. The molecule has 2 N–H and O–H groups in total. The van der Waals surface area contributed by atoms with E-state index in [-0.39, 0.29) is 5.75 Å². The van der Waals surface area contributed by atoms with Crippen molar-refractivity contribution in [2.45, 2.75) is 6.61 Å². The Morgan fingerprint density at radius 1 is 1.13 bits per heavy atom. The first-order chi connectivity index (χ1) is 11.1. The van der Waals surface area contributed by atoms with E-state index < -0.39 is 6.61 Å². The Hall–Kier alpha value is -2.74. The number of nitrogens with zero attached hydrogens (tertiary/aromatic N) is 2. The number of aromatic nitrogens is 2. The van der Waals surface area contributed by atoms with Crippen molar-refractivity contribution in [3.8, 4) is 5.75 Å². The van der Waals surface area contributed by atoms with E-state index in [0.29, 0.717) is 10.8 Å². The molecule has 1 aromatic heterocycles. The first kappa shape index (κ1) is 15.2. The topological polar surface area (TPSA) is 51.1 Å². The number of nitrogens with one attached hydrogen (secondary N) is 2. The van der Waals surface area contributed by atoms with Crippen LogP contribution in [-0.2, 0) is 0 Å². The van der Waals surface area contributed by atoms with Gasteiger partial charge in [-0.25, -0.2) is 9.66 Å². The molecule has 0 aliphatic heterocycles. The van der Waals surface area contributed by atoms with Gasteiger partial charge < -0.3 is 10.1 Å². The molecule has 0 fully saturated rings. The van der Waals surface area contributed by atoms with Gasteiger partial charge in [-0.3, -0.25) is 5.43 Å². The second-order valence-corrected chi connectivity index (χ2v) is 4.98. The second kappa shape index (κ2) is 6.57. The van der Waals surface area contributed by atoms with Crippen LogP contribution in [0.15, 0.2) is 54.9 Å². The summed E-state index contributed by atoms with van der Waals surface area (Å²) >= 11 is 5.23. The standard InChI is InChI=1S/C15H12F2N4OS/c16-14(17)22-11-7-5-10(6-8-11)19-15(23)20-21-9-18-12-3-1-2-4-13(12)21/h1-9,14H,(H2,19,20,23). The summed E-state index contributed by atoms with van der Waals surface area (Å²) in [6, 6.07) is 13.7. The lowest BCUT2D eigenvalue weighted by molar-refractivity contribution is -0.0498. The van der Waals surface area contributed by atoms with Crippen LogP contribution in [0.4, 0.5) is 14.5 Å². The SMILES string of the molecule is FC(F)Oc1ccc(NC(=S)Nn2cnc3ccccc32)cc1. The van der Waals surface area contributed by atoms with Gasteiger partial charge in [0.15, 0.2) is 5.11 Å². The molecule has 3 rings (SSSR count). The number of hydrogen-bond donors (Lipinski definition) is 2. The summed E-state index contributed by atoms with van der Waals surface area (Å²) in [5.41, 5.74) is 5.36. The van der Waals surface area contributed by atoms with Gasteiger partial charge in [0, 0.05) is 5.69 Å². The van der Waals surface area contributed by atoms with Crippen LogP contribution in [0, 0.1) is 0 Å². The van der Waals surface area contributed by atoms with Crippen molar-refractivity contribution < 1.29 is 13.5 Å². The number of halogens is 2. The van der Waals surface area contributed by atoms with Gasteiger partial charge >= 0.3 is 6.61 Å². The Kier molecular flexibility index (Phi) is 4.33. The fourth-order valence-corrected chi connectivity index (χ4v) is 2.25. The van der Waals surface area contributed by atoms with Crippen LogP contribution in [0.3, 0.4) is 0 Å². The lowest BCUT2D eigenvalue weighted by Crippen LogP contribution is -2.26. The van der Waals surface area contributed by atoms with Gasteiger partial charge in [-0.2, -0.15) is 8.78 Å². The van der Waals surface area contributed by atoms with Crippen LogP contribution in [0.2, 0.25) is 0 Å². The number of imidazole rings is 1. The van der Waals surface area contributed by atoms with Crippen LogP contribution in [0.5, 0.6) is 5.75 Å². The largest absolute Gasteiger partial charge is 0.435 e. The van der Waals surface area contributed by atoms with Crippen LogP contribution < -0.4 is 15.5 Å². The van der Waals surface area contributed by atoms with E-state index in [1.807, 2.05) is 24.3 Å². The van der Waals surface area contributed by atoms with E-state index in [4.69, 9.17) is 12.2 Å². The smallest absolute Gasteiger partial charge is 0.387 e. The van der Waals surface area contributed by atoms with Gasteiger partial charge in [0.2, 0.25) is 0 Å². The molecular weight excluding hydrogens is 322 g/mol. The summed E-state index contributed by atoms with van der Waals surface area (Å²) < 4.78 is 30.2. The minimum absolute atomic E-state index is 0.0880. The molecule has 0 saturated heterocycles. The molecule has 5 nitrogen and oxygen atoms in total. The highest BCUT2D eigenvalue weighted by Crippen LogP contribution is 2.17. The first-order valence-corrected chi connectivity index (χ1v) is 7.07. The average molecular weight is 334 g/mol. The van der Waals surface area contributed by atoms with E-state index in [1.54, 1.807) is 23.1 Å². The van der Waals surface area contributed by atoms with Crippen molar-refractivity contribution in [1.82, 2.24) is 9.66 Å². The van der Waals surface area contributed by atoms with Crippen molar-refractivity contribution in [2.24, 2.45) is 0 Å². The van der Waals surface area contributed by atoms with Crippen LogP contribution in [0.25, 0.3) is 11.0 Å². The Bertz CT molecular complexity index is 820. The first-order valence-electron chi connectivity index (χ1n) is 6.67. The van der Waals surface area contributed by atoms with E-state index in [0.717, 1.165) is 11.0 Å². The fourth-order valence-electron chi connectivity index (χ4n) is 2.04. The van der Waals surface area contributed by atoms with Gasteiger partial charge in [-0.05, 0) is 48.6 Å². The zero-order chi connectivity index (χ0) is 16.2. The van der Waals surface area contributed by atoms with E-state index in [2.05, 4.69) is 20.5 Å². The number of fused-ring (bicyclic) bond motifs is 1. The maximum atomic E-state index is 12.1. The van der Waals surface area contributed by atoms with Crippen molar-refractivity contribution in [3.63, 3.8) is 0 Å². The maximum Gasteiger partial charge on any atom is 0.387 e. The third kappa shape index (κ3) is 3.72. The third-order valence-electron chi connectivity index (χ3n) is 3.01. The molecule has 3 aromatic rings. The van der Waals surface area contributed by atoms with Crippen molar-refractivity contribution in [1.29, 1.82) is 0 Å². The minimum atomic E-state index is -2.84. The summed E-state index contributed by atoms with van der Waals surface area (Å²) in [6.45, 7) is -2.84. The van der Waals surface area contributed by atoms with Crippen molar-refractivity contribution in [2.75, 3.05) is 10.7 Å². The number of thiocarbonyl (C=S) groups is 1. The lowest BCUT2D eigenvalue weighted by atomic mass is 10.3. The summed E-state index contributed by atoms with van der Waals surface area (Å²) in [6.07, 6.45) is 1.62. The summed E-state index contributed by atoms with van der Waals surface area (Å²) in [5, 5.41) is 3.30. The number of anilines is 1. The molecule has 0 saturated carbocycles. The molecule has 0 atom stereocenters. The molecule has 0 aliphatic carbocycles. The number of rotatable bonds is 4. The number of alkyl halides is 2. The number of benzene rings is 2. The zero-order valence-corrected chi connectivity index (χ0v) is 12.6. The maximum absolute atomic E-state index is 12.1. The van der Waals surface area contributed by atoms with Crippen molar-refractivity contribution in [3.05, 3.63) is 54.9 Å². The van der Waals surface area contributed by atoms with Crippen LogP contribution in [0.1, 0.15) is 0 Å². The Balaban J connectivity index is 1.65. The number of ether oxygens (including phenoxy) is 1. The van der Waals surface area contributed by atoms with Gasteiger partial charge in [-0.15, -0.1) is 0 Å². The highest BCUT2D eigenvalue weighted by molar-refractivity contribution is 7.80. The van der Waals surface area contributed by atoms with Gasteiger partial charge in [0.25, 0.3) is 0 Å². The van der Waals surface area contributed by atoms with Crippen LogP contribution >= 0.6 is 12.2 Å². The number of hydrogen-bond acceptors (Lipinski definition) is 3. The molecule has 118 valence electrons. The predicted octanol–water partition coefficient (Wildman–Crippen LogP) is 3.58. The highest BCUT2D eigenvalue weighted by Gasteiger charge is 2.05. The number of para-hydroxylation sites is 2. The Morgan fingerprint density at radius 3 is 2.61 bits per heavy atom. The van der Waals surface area contributed by atoms with E-state index in [1.165, 1.54) is 12.1 Å². The molecule has 0 amide bonds. The van der Waals surface area contributed by atoms with Gasteiger partial charge in [0.1, 0.15) is 12.1 Å². The predicted molar refractivity (Wildman–Crippen MR) is 88.4 cm³/mol. The molecule has 2 aromatic carbocycles. The molecule has 0 unspecified atom stereocenters. The summed E-state index contributed by atoms with van der Waals surface area (Å²) in [4.78, 5) is 4.24.